The molecule has 0 bridgehead atoms. The van der Waals surface area contributed by atoms with Crippen molar-refractivity contribution in [3.63, 3.8) is 0 Å². The van der Waals surface area contributed by atoms with Gasteiger partial charge in [0.1, 0.15) is 11.8 Å². The highest BCUT2D eigenvalue weighted by molar-refractivity contribution is 5.05. The summed E-state index contributed by atoms with van der Waals surface area (Å²) in [4.78, 5) is 0. The Bertz CT molecular complexity index is 341. The molecule has 0 aromatic rings. The van der Waals surface area contributed by atoms with Crippen LogP contribution >= 0.6 is 0 Å². The van der Waals surface area contributed by atoms with E-state index in [1.54, 1.807) is 7.05 Å². The first-order valence-electron chi connectivity index (χ1n) is 8.15. The molecule has 6 heteroatoms. The molecule has 1 aliphatic heterocycles. The molecule has 1 rings (SSSR count). The monoisotopic (exact) mass is 322 g/mol. The van der Waals surface area contributed by atoms with E-state index in [9.17, 15) is 13.2 Å². The summed E-state index contributed by atoms with van der Waals surface area (Å²) in [5.74, 6) is -0.0683. The predicted octanol–water partition coefficient (Wildman–Crippen LogP) is 3.62. The normalized spacial score (nSPS) is 24.6. The third-order valence-corrected chi connectivity index (χ3v) is 4.05. The van der Waals surface area contributed by atoms with Crippen molar-refractivity contribution >= 4 is 0 Å². The minimum Gasteiger partial charge on any atom is -0.353 e. The predicted molar refractivity (Wildman–Crippen MR) is 82.7 cm³/mol. The number of hydrogen-bond donors (Lipinski definition) is 2. The van der Waals surface area contributed by atoms with E-state index in [-0.39, 0.29) is 12.3 Å². The van der Waals surface area contributed by atoms with Gasteiger partial charge >= 0.3 is 6.18 Å². The molecular formula is C16H29F3N2O. The Balaban J connectivity index is 2.56. The van der Waals surface area contributed by atoms with Crippen LogP contribution in [-0.4, -0.2) is 38.1 Å². The molecule has 1 unspecified atom stereocenters. The van der Waals surface area contributed by atoms with Gasteiger partial charge in [-0.2, -0.15) is 13.2 Å². The van der Waals surface area contributed by atoms with Crippen LogP contribution in [0.3, 0.4) is 0 Å². The van der Waals surface area contributed by atoms with Crippen LogP contribution in [0.25, 0.3) is 0 Å². The van der Waals surface area contributed by atoms with E-state index < -0.39 is 17.9 Å². The average molecular weight is 322 g/mol. The van der Waals surface area contributed by atoms with Crippen LogP contribution in [-0.2, 0) is 4.74 Å². The van der Waals surface area contributed by atoms with Gasteiger partial charge in [-0.15, -0.1) is 0 Å². The molecule has 0 aromatic carbocycles. The summed E-state index contributed by atoms with van der Waals surface area (Å²) in [6, 6.07) is -1.51. The summed E-state index contributed by atoms with van der Waals surface area (Å²) in [7, 11) is 1.80. The van der Waals surface area contributed by atoms with Gasteiger partial charge in [0.2, 0.25) is 0 Å². The van der Waals surface area contributed by atoms with Crippen LogP contribution in [0.15, 0.2) is 12.2 Å². The molecule has 0 amide bonds. The zero-order chi connectivity index (χ0) is 16.6. The summed E-state index contributed by atoms with van der Waals surface area (Å²) in [5, 5.41) is 5.68. The van der Waals surface area contributed by atoms with Crippen molar-refractivity contribution in [2.45, 2.75) is 63.9 Å². The van der Waals surface area contributed by atoms with Crippen molar-refractivity contribution < 1.29 is 17.9 Å². The Morgan fingerprint density at radius 2 is 2.00 bits per heavy atom. The maximum absolute atomic E-state index is 13.2. The van der Waals surface area contributed by atoms with Gasteiger partial charge in [-0.1, -0.05) is 38.8 Å². The van der Waals surface area contributed by atoms with E-state index in [4.69, 9.17) is 4.74 Å². The number of epoxide rings is 1. The second kappa shape index (κ2) is 8.89. The number of unbranched alkanes of at least 4 members (excludes halogenated alkanes) is 2. The third-order valence-electron chi connectivity index (χ3n) is 4.05. The van der Waals surface area contributed by atoms with E-state index in [0.717, 1.165) is 25.8 Å². The van der Waals surface area contributed by atoms with Gasteiger partial charge in [-0.25, -0.2) is 0 Å². The van der Waals surface area contributed by atoms with Gasteiger partial charge < -0.3 is 10.1 Å². The van der Waals surface area contributed by atoms with Crippen LogP contribution in [0, 0.1) is 5.92 Å². The number of hydrogen-bond acceptors (Lipinski definition) is 3. The van der Waals surface area contributed by atoms with E-state index in [1.807, 2.05) is 19.1 Å². The first-order valence-corrected chi connectivity index (χ1v) is 8.15. The van der Waals surface area contributed by atoms with E-state index >= 15 is 0 Å². The number of nitrogens with one attached hydrogen (secondary N) is 2. The molecule has 130 valence electrons. The second-order valence-corrected chi connectivity index (χ2v) is 6.02. The largest absolute Gasteiger partial charge is 0.403 e. The van der Waals surface area contributed by atoms with Crippen molar-refractivity contribution in [3.05, 3.63) is 12.2 Å². The van der Waals surface area contributed by atoms with Gasteiger partial charge in [0.05, 0.1) is 6.61 Å². The maximum Gasteiger partial charge on any atom is 0.403 e. The Hall–Kier alpha value is -0.590. The molecule has 0 aliphatic carbocycles. The van der Waals surface area contributed by atoms with Crippen LogP contribution in [0.2, 0.25) is 0 Å². The van der Waals surface area contributed by atoms with Gasteiger partial charge in [0.25, 0.3) is 0 Å². The van der Waals surface area contributed by atoms with Crippen molar-refractivity contribution in [1.29, 1.82) is 0 Å². The minimum absolute atomic E-state index is 0.0683. The Kier molecular flexibility index (Phi) is 7.86. The molecule has 3 atom stereocenters. The molecule has 2 N–H and O–H groups in total. The summed E-state index contributed by atoms with van der Waals surface area (Å²) in [6.07, 6.45) is 3.06. The van der Waals surface area contributed by atoms with Crippen molar-refractivity contribution in [2.75, 3.05) is 20.2 Å². The minimum atomic E-state index is -4.24. The highest BCUT2D eigenvalue weighted by Crippen LogP contribution is 2.37. The second-order valence-electron chi connectivity index (χ2n) is 6.02. The first-order chi connectivity index (χ1) is 10.4. The Morgan fingerprint density at radius 1 is 1.32 bits per heavy atom. The maximum atomic E-state index is 13.2. The topological polar surface area (TPSA) is 36.6 Å². The number of alkyl halides is 3. The average Bonchev–Trinajstić information content (AvgIpc) is 3.22. The molecule has 1 fully saturated rings. The van der Waals surface area contributed by atoms with Crippen LogP contribution < -0.4 is 10.6 Å². The zero-order valence-corrected chi connectivity index (χ0v) is 13.8. The summed E-state index contributed by atoms with van der Waals surface area (Å²) in [5.41, 5.74) is -0.840. The van der Waals surface area contributed by atoms with E-state index in [2.05, 4.69) is 17.6 Å². The highest BCUT2D eigenvalue weighted by Gasteiger charge is 2.53. The molecule has 1 saturated heterocycles. The summed E-state index contributed by atoms with van der Waals surface area (Å²) < 4.78 is 45.0. The summed E-state index contributed by atoms with van der Waals surface area (Å²) >= 11 is 0. The van der Waals surface area contributed by atoms with Gasteiger partial charge in [-0.05, 0) is 32.9 Å². The lowest BCUT2D eigenvalue weighted by atomic mass is 9.99. The van der Waals surface area contributed by atoms with Crippen LogP contribution in [0.1, 0.15) is 46.0 Å². The van der Waals surface area contributed by atoms with Crippen molar-refractivity contribution in [2.24, 2.45) is 5.92 Å². The molecule has 1 heterocycles. The molecule has 1 aliphatic rings. The lowest BCUT2D eigenvalue weighted by molar-refractivity contribution is -0.163. The highest BCUT2D eigenvalue weighted by atomic mass is 19.4. The first kappa shape index (κ1) is 19.5. The molecular weight excluding hydrogens is 293 g/mol. The van der Waals surface area contributed by atoms with Crippen LogP contribution in [0.4, 0.5) is 13.2 Å². The molecule has 0 radical (unpaired) electrons. The molecule has 0 spiro atoms. The van der Waals surface area contributed by atoms with Crippen molar-refractivity contribution in [3.8, 4) is 0 Å². The van der Waals surface area contributed by atoms with Gasteiger partial charge in [-0.3, -0.25) is 5.32 Å². The zero-order valence-electron chi connectivity index (χ0n) is 13.8. The van der Waals surface area contributed by atoms with Crippen molar-refractivity contribution in [1.82, 2.24) is 10.6 Å². The lowest BCUT2D eigenvalue weighted by Gasteiger charge is -2.28. The molecule has 22 heavy (non-hydrogen) atoms. The van der Waals surface area contributed by atoms with Gasteiger partial charge in [0.15, 0.2) is 0 Å². The fourth-order valence-corrected chi connectivity index (χ4v) is 2.44. The third kappa shape index (κ3) is 6.26. The van der Waals surface area contributed by atoms with E-state index in [1.165, 1.54) is 0 Å². The Morgan fingerprint density at radius 3 is 2.50 bits per heavy atom. The molecule has 0 saturated carbocycles. The lowest BCUT2D eigenvalue weighted by Crippen LogP contribution is -2.51. The van der Waals surface area contributed by atoms with E-state index in [0.29, 0.717) is 13.0 Å². The Labute approximate surface area is 131 Å². The SMILES string of the molecule is CCC/C=C/[C@H](C)C1(N[C@H](CCCCNC)C(F)(F)F)CO1. The fourth-order valence-electron chi connectivity index (χ4n) is 2.44. The molecule has 0 aromatic heterocycles. The number of halogens is 3. The summed E-state index contributed by atoms with van der Waals surface area (Å²) in [6.45, 7) is 5.05. The quantitative estimate of drug-likeness (QED) is 0.346. The number of rotatable bonds is 11. The fraction of sp³-hybridized carbons (Fsp3) is 0.875. The van der Waals surface area contributed by atoms with Gasteiger partial charge in [0, 0.05) is 5.92 Å². The number of ether oxygens (including phenoxy) is 1. The molecule has 3 nitrogen and oxygen atoms in total. The van der Waals surface area contributed by atoms with Crippen LogP contribution in [0.5, 0.6) is 0 Å². The smallest absolute Gasteiger partial charge is 0.353 e. The standard InChI is InChI=1S/C16H29F3N2O/c1-4-5-6-9-13(2)15(12-22-15)21-14(16(17,18)19)10-7-8-11-20-3/h6,9,13-14,20-21H,4-5,7-8,10-12H2,1-3H3/b9-6+/t13-,14+,15?/m0/s1. The number of allylic oxidation sites excluding steroid dienone is 1.